The molecule has 1 rings (SSSR count). The molecule has 0 radical (unpaired) electrons. The predicted molar refractivity (Wildman–Crippen MR) is 74.9 cm³/mol. The van der Waals surface area contributed by atoms with Crippen molar-refractivity contribution in [3.05, 3.63) is 40.4 Å². The molecule has 19 heavy (non-hydrogen) atoms. The number of carbonyl (C=O) groups is 1. The van der Waals surface area contributed by atoms with Gasteiger partial charge < -0.3 is 14.6 Å². The van der Waals surface area contributed by atoms with E-state index in [4.69, 9.17) is 37.8 Å². The number of carboxylic acid groups (broad SMARTS) is 1. The van der Waals surface area contributed by atoms with E-state index in [1.807, 2.05) is 0 Å². The number of hydrogen-bond acceptors (Lipinski definition) is 3. The van der Waals surface area contributed by atoms with Gasteiger partial charge in [0.2, 0.25) is 0 Å². The number of aliphatic carboxylic acids is 1. The first-order valence-corrected chi connectivity index (χ1v) is 6.05. The average molecular weight is 303 g/mol. The summed E-state index contributed by atoms with van der Waals surface area (Å²) in [6.07, 6.45) is 2.43. The fraction of sp³-hybridized carbons (Fsp3) is 0.154. The molecule has 0 amide bonds. The third-order valence-electron chi connectivity index (χ3n) is 2.11. The van der Waals surface area contributed by atoms with E-state index < -0.39 is 5.97 Å². The van der Waals surface area contributed by atoms with Crippen LogP contribution in [0.5, 0.6) is 11.5 Å². The van der Waals surface area contributed by atoms with Crippen molar-refractivity contribution >= 4 is 35.2 Å². The van der Waals surface area contributed by atoms with E-state index in [1.54, 1.807) is 18.2 Å². The lowest BCUT2D eigenvalue weighted by Crippen LogP contribution is -1.99. The Balaban J connectivity index is 2.98. The van der Waals surface area contributed by atoms with E-state index >= 15 is 0 Å². The minimum Gasteiger partial charge on any atom is -0.497 e. The van der Waals surface area contributed by atoms with Crippen molar-refractivity contribution in [2.24, 2.45) is 0 Å². The van der Waals surface area contributed by atoms with Crippen molar-refractivity contribution < 1.29 is 19.4 Å². The molecule has 0 unspecified atom stereocenters. The second-order valence-electron chi connectivity index (χ2n) is 3.42. The smallest absolute Gasteiger partial charge is 0.328 e. The minimum absolute atomic E-state index is 0.102. The van der Waals surface area contributed by atoms with Crippen LogP contribution in [-0.4, -0.2) is 24.8 Å². The summed E-state index contributed by atoms with van der Waals surface area (Å²) in [6, 6.07) is 5.03. The highest BCUT2D eigenvalue weighted by Crippen LogP contribution is 2.26. The molecule has 1 aromatic rings. The van der Waals surface area contributed by atoms with Crippen LogP contribution in [0.2, 0.25) is 0 Å². The topological polar surface area (TPSA) is 55.8 Å². The zero-order chi connectivity index (χ0) is 14.3. The van der Waals surface area contributed by atoms with Gasteiger partial charge in [0.1, 0.15) is 18.1 Å². The predicted octanol–water partition coefficient (Wildman–Crippen LogP) is 3.49. The third kappa shape index (κ3) is 5.24. The first-order valence-electron chi connectivity index (χ1n) is 5.23. The van der Waals surface area contributed by atoms with Gasteiger partial charge in [-0.25, -0.2) is 4.79 Å². The van der Waals surface area contributed by atoms with Crippen LogP contribution in [0.15, 0.2) is 34.8 Å². The molecule has 0 atom stereocenters. The minimum atomic E-state index is -1.05. The zero-order valence-corrected chi connectivity index (χ0v) is 11.6. The summed E-state index contributed by atoms with van der Waals surface area (Å²) in [5.41, 5.74) is 1.78. The summed E-state index contributed by atoms with van der Waals surface area (Å²) in [5, 5.41) is 8.98. The molecule has 1 aromatic carbocycles. The van der Waals surface area contributed by atoms with Crippen molar-refractivity contribution in [1.29, 1.82) is 0 Å². The Morgan fingerprint density at radius 2 is 2.21 bits per heavy atom. The van der Waals surface area contributed by atoms with E-state index in [0.717, 1.165) is 6.08 Å². The second-order valence-corrected chi connectivity index (χ2v) is 4.12. The van der Waals surface area contributed by atoms with E-state index in [1.165, 1.54) is 18.7 Å². The number of rotatable bonds is 6. The van der Waals surface area contributed by atoms with Gasteiger partial charge in [0.25, 0.3) is 0 Å². The fourth-order valence-corrected chi connectivity index (χ4v) is 1.37. The lowest BCUT2D eigenvalue weighted by Gasteiger charge is -2.10. The monoisotopic (exact) mass is 302 g/mol. The number of benzene rings is 1. The van der Waals surface area contributed by atoms with Crippen molar-refractivity contribution in [3.63, 3.8) is 0 Å². The Hall–Kier alpha value is -1.65. The molecule has 1 N–H and O–H groups in total. The van der Waals surface area contributed by atoms with Crippen LogP contribution in [0.25, 0.3) is 6.08 Å². The van der Waals surface area contributed by atoms with Crippen LogP contribution in [0.1, 0.15) is 5.56 Å². The van der Waals surface area contributed by atoms with E-state index in [2.05, 4.69) is 0 Å². The highest BCUT2D eigenvalue weighted by atomic mass is 35.5. The summed E-state index contributed by atoms with van der Waals surface area (Å²) in [5.74, 6) is 0.0267. The van der Waals surface area contributed by atoms with Gasteiger partial charge in [-0.15, -0.1) is 0 Å². The number of halogens is 2. The fourth-order valence-electron chi connectivity index (χ4n) is 1.25. The van der Waals surface area contributed by atoms with Gasteiger partial charge in [-0.1, -0.05) is 23.2 Å². The number of hydrogen-bond donors (Lipinski definition) is 1. The first kappa shape index (κ1) is 15.4. The number of carboxylic acids is 1. The average Bonchev–Trinajstić information content (AvgIpc) is 2.42. The molecule has 6 heteroatoms. The van der Waals surface area contributed by atoms with Crippen LogP contribution in [0.4, 0.5) is 0 Å². The molecular weight excluding hydrogens is 291 g/mol. The summed E-state index contributed by atoms with van der Waals surface area (Å²) >= 11 is 11.1. The zero-order valence-electron chi connectivity index (χ0n) is 10.1. The van der Waals surface area contributed by atoms with Gasteiger partial charge >= 0.3 is 5.97 Å². The van der Waals surface area contributed by atoms with Crippen LogP contribution >= 0.6 is 23.2 Å². The van der Waals surface area contributed by atoms with Gasteiger partial charge in [0, 0.05) is 17.2 Å². The maximum Gasteiger partial charge on any atom is 0.328 e. The lowest BCUT2D eigenvalue weighted by molar-refractivity contribution is -0.131. The molecule has 0 heterocycles. The summed E-state index contributed by atoms with van der Waals surface area (Å²) < 4.78 is 10.5. The summed E-state index contributed by atoms with van der Waals surface area (Å²) in [6.45, 7) is 0.102. The molecule has 0 aliphatic rings. The third-order valence-corrected chi connectivity index (χ3v) is 2.70. The summed E-state index contributed by atoms with van der Waals surface area (Å²) in [7, 11) is 1.52. The number of ether oxygens (including phenoxy) is 2. The number of methoxy groups -OCH3 is 1. The van der Waals surface area contributed by atoms with Crippen LogP contribution in [0.3, 0.4) is 0 Å². The largest absolute Gasteiger partial charge is 0.497 e. The van der Waals surface area contributed by atoms with Crippen molar-refractivity contribution in [3.8, 4) is 11.5 Å². The maximum atomic E-state index is 10.5. The molecule has 0 aliphatic heterocycles. The van der Waals surface area contributed by atoms with E-state index in [9.17, 15) is 4.79 Å². The van der Waals surface area contributed by atoms with Crippen molar-refractivity contribution in [2.75, 3.05) is 13.7 Å². The van der Waals surface area contributed by atoms with E-state index in [0.29, 0.717) is 22.1 Å². The SMILES string of the molecule is COc1ccc(OCC(Cl)=CCl)c(C=CC(=O)O)c1. The molecule has 0 bridgehead atoms. The standard InChI is InChI=1S/C13H12Cl2O4/c1-18-11-3-4-12(19-8-10(15)7-14)9(6-11)2-5-13(16)17/h2-7H,8H2,1H3,(H,16,17). The van der Waals surface area contributed by atoms with Gasteiger partial charge in [-0.05, 0) is 24.3 Å². The molecule has 102 valence electrons. The van der Waals surface area contributed by atoms with Gasteiger partial charge in [-0.3, -0.25) is 0 Å². The molecule has 0 saturated carbocycles. The highest BCUT2D eigenvalue weighted by molar-refractivity contribution is 6.36. The first-order chi connectivity index (χ1) is 9.06. The van der Waals surface area contributed by atoms with Gasteiger partial charge in [-0.2, -0.15) is 0 Å². The van der Waals surface area contributed by atoms with E-state index in [-0.39, 0.29) is 6.61 Å². The molecule has 0 spiro atoms. The Labute approximate surface area is 120 Å². The molecular formula is C13H12Cl2O4. The van der Waals surface area contributed by atoms with Gasteiger partial charge in [0.05, 0.1) is 12.1 Å². The van der Waals surface area contributed by atoms with Gasteiger partial charge in [0.15, 0.2) is 0 Å². The molecule has 0 aromatic heterocycles. The molecule has 4 nitrogen and oxygen atoms in total. The Bertz CT molecular complexity index is 509. The van der Waals surface area contributed by atoms with Crippen LogP contribution < -0.4 is 9.47 Å². The van der Waals surface area contributed by atoms with Crippen LogP contribution in [0, 0.1) is 0 Å². The second kappa shape index (κ2) is 7.71. The molecule has 0 saturated heterocycles. The Morgan fingerprint density at radius 3 is 2.79 bits per heavy atom. The van der Waals surface area contributed by atoms with Crippen molar-refractivity contribution in [2.45, 2.75) is 0 Å². The highest BCUT2D eigenvalue weighted by Gasteiger charge is 2.05. The molecule has 0 aliphatic carbocycles. The van der Waals surface area contributed by atoms with Crippen molar-refractivity contribution in [1.82, 2.24) is 0 Å². The Morgan fingerprint density at radius 1 is 1.47 bits per heavy atom. The quantitative estimate of drug-likeness (QED) is 0.817. The molecule has 0 fully saturated rings. The normalized spacial score (nSPS) is 11.6. The lowest BCUT2D eigenvalue weighted by atomic mass is 10.1. The van der Waals surface area contributed by atoms with Crippen LogP contribution in [-0.2, 0) is 4.79 Å². The maximum absolute atomic E-state index is 10.5. The summed E-state index contributed by atoms with van der Waals surface area (Å²) in [4.78, 5) is 10.5. The Kier molecular flexibility index (Phi) is 6.25.